The first-order valence-electron chi connectivity index (χ1n) is 5.64. The number of Topliss-reactive ketones (excluding diaryl/α,β-unsaturated/α-hetero) is 1. The second-order valence-corrected chi connectivity index (χ2v) is 6.02. The van der Waals surface area contributed by atoms with Crippen LogP contribution in [0.2, 0.25) is 0 Å². The lowest BCUT2D eigenvalue weighted by Crippen LogP contribution is -2.07. The third-order valence-corrected chi connectivity index (χ3v) is 4.76. The van der Waals surface area contributed by atoms with Crippen LogP contribution in [0, 0.1) is 5.82 Å². The summed E-state index contributed by atoms with van der Waals surface area (Å²) < 4.78 is 14.5. The molecule has 1 aliphatic carbocycles. The lowest BCUT2D eigenvalue weighted by atomic mass is 10.0. The molecule has 1 heterocycles. The van der Waals surface area contributed by atoms with Gasteiger partial charge in [-0.15, -0.1) is 11.3 Å². The van der Waals surface area contributed by atoms with Crippen LogP contribution in [0.4, 0.5) is 4.39 Å². The highest BCUT2D eigenvalue weighted by Crippen LogP contribution is 2.37. The Morgan fingerprint density at radius 3 is 2.89 bits per heavy atom. The predicted molar refractivity (Wildman–Crippen MR) is 72.5 cm³/mol. The van der Waals surface area contributed by atoms with Crippen LogP contribution in [0.3, 0.4) is 0 Å². The number of benzene rings is 1. The number of nitrogens with zero attached hydrogens (tertiary/aromatic N) is 1. The van der Waals surface area contributed by atoms with Crippen LogP contribution in [0.25, 0.3) is 10.6 Å². The van der Waals surface area contributed by atoms with Gasteiger partial charge in [-0.2, -0.15) is 0 Å². The number of halogens is 2. The topological polar surface area (TPSA) is 30.0 Å². The number of carbonyl (C=O) groups is 1. The molecule has 0 atom stereocenters. The average Bonchev–Trinajstić information content (AvgIpc) is 2.74. The summed E-state index contributed by atoms with van der Waals surface area (Å²) in [5.41, 5.74) is 1.27. The molecule has 0 saturated heterocycles. The standard InChI is InChI=1S/C13H9BrFNOS/c14-7-3-1-4-8(15)11(7)13-16-9-5-2-6-10(17)12(9)18-13/h1,3-4H,2,5-6H2. The van der Waals surface area contributed by atoms with Gasteiger partial charge in [0.25, 0.3) is 0 Å². The van der Waals surface area contributed by atoms with Gasteiger partial charge in [-0.1, -0.05) is 6.07 Å². The molecule has 18 heavy (non-hydrogen) atoms. The highest BCUT2D eigenvalue weighted by molar-refractivity contribution is 9.10. The SMILES string of the molecule is O=C1CCCc2nc(-c3c(F)cccc3Br)sc21. The first kappa shape index (κ1) is 12.0. The Morgan fingerprint density at radius 2 is 2.17 bits per heavy atom. The summed E-state index contributed by atoms with van der Waals surface area (Å²) in [6.07, 6.45) is 2.23. The van der Waals surface area contributed by atoms with Gasteiger partial charge >= 0.3 is 0 Å². The van der Waals surface area contributed by atoms with Crippen LogP contribution < -0.4 is 0 Å². The molecule has 1 aliphatic rings. The number of aromatic nitrogens is 1. The van der Waals surface area contributed by atoms with E-state index in [9.17, 15) is 9.18 Å². The van der Waals surface area contributed by atoms with Gasteiger partial charge in [-0.25, -0.2) is 9.37 Å². The van der Waals surface area contributed by atoms with E-state index in [-0.39, 0.29) is 11.6 Å². The van der Waals surface area contributed by atoms with E-state index in [4.69, 9.17) is 0 Å². The Labute approximate surface area is 116 Å². The number of rotatable bonds is 1. The van der Waals surface area contributed by atoms with Gasteiger partial charge < -0.3 is 0 Å². The summed E-state index contributed by atoms with van der Waals surface area (Å²) in [4.78, 5) is 16.9. The fourth-order valence-corrected chi connectivity index (χ4v) is 3.88. The van der Waals surface area contributed by atoms with E-state index in [2.05, 4.69) is 20.9 Å². The normalized spacial score (nSPS) is 14.7. The summed E-state index contributed by atoms with van der Waals surface area (Å²) in [6, 6.07) is 4.82. The number of fused-ring (bicyclic) bond motifs is 1. The third kappa shape index (κ3) is 1.91. The number of hydrogen-bond donors (Lipinski definition) is 0. The molecule has 0 radical (unpaired) electrons. The summed E-state index contributed by atoms with van der Waals surface area (Å²) in [6.45, 7) is 0. The molecule has 0 spiro atoms. The molecule has 92 valence electrons. The molecule has 0 N–H and O–H groups in total. The van der Waals surface area contributed by atoms with Crippen LogP contribution in [-0.4, -0.2) is 10.8 Å². The number of ketones is 1. The fourth-order valence-electron chi connectivity index (χ4n) is 2.08. The van der Waals surface area contributed by atoms with Crippen molar-refractivity contribution in [2.45, 2.75) is 19.3 Å². The van der Waals surface area contributed by atoms with Crippen molar-refractivity contribution < 1.29 is 9.18 Å². The van der Waals surface area contributed by atoms with Gasteiger partial charge in [-0.05, 0) is 40.9 Å². The average molecular weight is 326 g/mol. The van der Waals surface area contributed by atoms with E-state index in [0.717, 1.165) is 18.5 Å². The molecular formula is C13H9BrFNOS. The molecule has 3 rings (SSSR count). The second-order valence-electron chi connectivity index (χ2n) is 4.17. The van der Waals surface area contributed by atoms with E-state index in [1.807, 2.05) is 0 Å². The molecule has 0 saturated carbocycles. The lowest BCUT2D eigenvalue weighted by molar-refractivity contribution is 0.0976. The molecule has 1 aromatic carbocycles. The Hall–Kier alpha value is -1.07. The van der Waals surface area contributed by atoms with Crippen LogP contribution in [-0.2, 0) is 6.42 Å². The number of hydrogen-bond acceptors (Lipinski definition) is 3. The molecule has 0 bridgehead atoms. The first-order chi connectivity index (χ1) is 8.66. The Morgan fingerprint density at radius 1 is 1.33 bits per heavy atom. The minimum atomic E-state index is -0.317. The van der Waals surface area contributed by atoms with Crippen molar-refractivity contribution in [2.75, 3.05) is 0 Å². The second kappa shape index (κ2) is 4.55. The van der Waals surface area contributed by atoms with Gasteiger partial charge in [0.15, 0.2) is 5.78 Å². The molecule has 2 nitrogen and oxygen atoms in total. The first-order valence-corrected chi connectivity index (χ1v) is 7.25. The van der Waals surface area contributed by atoms with E-state index in [1.54, 1.807) is 12.1 Å². The Balaban J connectivity index is 2.16. The van der Waals surface area contributed by atoms with Crippen molar-refractivity contribution in [1.29, 1.82) is 0 Å². The van der Waals surface area contributed by atoms with Gasteiger partial charge in [-0.3, -0.25) is 4.79 Å². The van der Waals surface area contributed by atoms with Crippen LogP contribution in [0.15, 0.2) is 22.7 Å². The predicted octanol–water partition coefficient (Wildman–Crippen LogP) is 4.23. The van der Waals surface area contributed by atoms with Gasteiger partial charge in [0, 0.05) is 10.9 Å². The maximum absolute atomic E-state index is 13.8. The maximum Gasteiger partial charge on any atom is 0.174 e. The summed E-state index contributed by atoms with van der Waals surface area (Å²) in [7, 11) is 0. The minimum absolute atomic E-state index is 0.132. The largest absolute Gasteiger partial charge is 0.293 e. The zero-order valence-electron chi connectivity index (χ0n) is 9.37. The summed E-state index contributed by atoms with van der Waals surface area (Å²) >= 11 is 4.63. The summed E-state index contributed by atoms with van der Waals surface area (Å²) in [5, 5.41) is 0.584. The zero-order chi connectivity index (χ0) is 12.7. The molecule has 1 aromatic heterocycles. The van der Waals surface area contributed by atoms with E-state index < -0.39 is 0 Å². The van der Waals surface area contributed by atoms with Crippen molar-refractivity contribution in [3.8, 4) is 10.6 Å². The number of aryl methyl sites for hydroxylation is 1. The number of carbonyl (C=O) groups excluding carboxylic acids is 1. The van der Waals surface area contributed by atoms with E-state index >= 15 is 0 Å². The van der Waals surface area contributed by atoms with Crippen LogP contribution in [0.1, 0.15) is 28.2 Å². The highest BCUT2D eigenvalue weighted by Gasteiger charge is 2.24. The highest BCUT2D eigenvalue weighted by atomic mass is 79.9. The van der Waals surface area contributed by atoms with Crippen molar-refractivity contribution >= 4 is 33.0 Å². The van der Waals surface area contributed by atoms with Crippen LogP contribution in [0.5, 0.6) is 0 Å². The minimum Gasteiger partial charge on any atom is -0.293 e. The molecule has 0 unspecified atom stereocenters. The fraction of sp³-hybridized carbons (Fsp3) is 0.231. The van der Waals surface area contributed by atoms with Crippen molar-refractivity contribution in [3.63, 3.8) is 0 Å². The molecule has 2 aromatic rings. The van der Waals surface area contributed by atoms with Gasteiger partial charge in [0.05, 0.1) is 16.1 Å². The third-order valence-electron chi connectivity index (χ3n) is 2.94. The molecular weight excluding hydrogens is 317 g/mol. The van der Waals surface area contributed by atoms with Crippen molar-refractivity contribution in [1.82, 2.24) is 4.98 Å². The van der Waals surface area contributed by atoms with Gasteiger partial charge in [0.1, 0.15) is 10.8 Å². The van der Waals surface area contributed by atoms with E-state index in [0.29, 0.717) is 26.3 Å². The summed E-state index contributed by atoms with van der Waals surface area (Å²) in [5.74, 6) is -0.185. The van der Waals surface area contributed by atoms with E-state index in [1.165, 1.54) is 17.4 Å². The Bertz CT molecular complexity index is 618. The zero-order valence-corrected chi connectivity index (χ0v) is 11.8. The van der Waals surface area contributed by atoms with Crippen molar-refractivity contribution in [2.24, 2.45) is 0 Å². The Kier molecular flexibility index (Phi) is 3.03. The number of thiazole rings is 1. The molecule has 5 heteroatoms. The van der Waals surface area contributed by atoms with Crippen molar-refractivity contribution in [3.05, 3.63) is 39.1 Å². The van der Waals surface area contributed by atoms with Gasteiger partial charge in [0.2, 0.25) is 0 Å². The maximum atomic E-state index is 13.8. The quantitative estimate of drug-likeness (QED) is 0.785. The molecule has 0 aliphatic heterocycles. The monoisotopic (exact) mass is 325 g/mol. The molecule has 0 fully saturated rings. The lowest BCUT2D eigenvalue weighted by Gasteiger charge is -2.06. The van der Waals surface area contributed by atoms with Crippen LogP contribution >= 0.6 is 27.3 Å². The smallest absolute Gasteiger partial charge is 0.174 e. The molecule has 0 amide bonds.